The molecule has 0 spiro atoms. The van der Waals surface area contributed by atoms with Gasteiger partial charge in [-0.2, -0.15) is 0 Å². The molecule has 2 aromatic rings. The van der Waals surface area contributed by atoms with E-state index in [-0.39, 0.29) is 11.8 Å². The molecular weight excluding hydrogens is 406 g/mol. The minimum atomic E-state index is -0.176. The Labute approximate surface area is 190 Å². The molecule has 1 aliphatic carbocycles. The number of carbonyl (C=O) groups is 2. The van der Waals surface area contributed by atoms with Gasteiger partial charge in [-0.1, -0.05) is 0 Å². The maximum atomic E-state index is 13.1. The Hall–Kier alpha value is -2.38. The molecule has 0 radical (unpaired) electrons. The minimum absolute atomic E-state index is 0.00607. The van der Waals surface area contributed by atoms with E-state index in [1.807, 2.05) is 6.07 Å². The number of aryl methyl sites for hydroxylation is 1. The zero-order chi connectivity index (χ0) is 22.7. The molecule has 7 heteroatoms. The molecule has 174 valence electrons. The summed E-state index contributed by atoms with van der Waals surface area (Å²) in [6.07, 6.45) is 6.70. The quantitative estimate of drug-likeness (QED) is 0.670. The van der Waals surface area contributed by atoms with Gasteiger partial charge in [0, 0.05) is 62.4 Å². The van der Waals surface area contributed by atoms with Crippen LogP contribution < -0.4 is 5.48 Å². The first-order valence-electron chi connectivity index (χ1n) is 11.7. The average molecular weight is 442 g/mol. The number of hydrogen-bond donors (Lipinski definition) is 1. The van der Waals surface area contributed by atoms with E-state index in [4.69, 9.17) is 4.74 Å². The van der Waals surface area contributed by atoms with E-state index in [1.54, 1.807) is 11.9 Å². The minimum Gasteiger partial charge on any atom is -0.381 e. The monoisotopic (exact) mass is 441 g/mol. The number of hydroxylamine groups is 1. The number of fused-ring (bicyclic) bond motifs is 3. The summed E-state index contributed by atoms with van der Waals surface area (Å²) in [5.41, 5.74) is 7.08. The molecule has 1 saturated heterocycles. The fraction of sp³-hybridized carbons (Fsp3) is 0.600. The molecule has 2 amide bonds. The molecule has 1 atom stereocenters. The van der Waals surface area contributed by atoms with Gasteiger partial charge in [0.1, 0.15) is 0 Å². The van der Waals surface area contributed by atoms with Crippen LogP contribution in [0.3, 0.4) is 0 Å². The van der Waals surface area contributed by atoms with Crippen molar-refractivity contribution in [3.63, 3.8) is 0 Å². The number of benzene rings is 1. The van der Waals surface area contributed by atoms with Gasteiger partial charge in [0.15, 0.2) is 0 Å². The number of amides is 2. The smallest absolute Gasteiger partial charge is 0.253 e. The molecular formula is C25H35N3O4. The lowest BCUT2D eigenvalue weighted by molar-refractivity contribution is -0.131. The predicted octanol–water partition coefficient (Wildman–Crippen LogP) is 3.24. The van der Waals surface area contributed by atoms with Gasteiger partial charge >= 0.3 is 0 Å². The number of carbonyl (C=O) groups excluding carboxylic acids is 2. The Morgan fingerprint density at radius 1 is 1.22 bits per heavy atom. The van der Waals surface area contributed by atoms with Crippen molar-refractivity contribution < 1.29 is 19.2 Å². The van der Waals surface area contributed by atoms with Gasteiger partial charge < -0.3 is 14.2 Å². The Morgan fingerprint density at radius 3 is 2.75 bits per heavy atom. The highest BCUT2D eigenvalue weighted by Gasteiger charge is 2.31. The third-order valence-electron chi connectivity index (χ3n) is 7.29. The van der Waals surface area contributed by atoms with Crippen molar-refractivity contribution in [2.45, 2.75) is 44.9 Å². The molecule has 1 aliphatic heterocycles. The topological polar surface area (TPSA) is 72.8 Å². The van der Waals surface area contributed by atoms with E-state index in [0.717, 1.165) is 32.0 Å². The molecule has 0 saturated carbocycles. The van der Waals surface area contributed by atoms with Crippen LogP contribution in [0.1, 0.15) is 53.7 Å². The van der Waals surface area contributed by atoms with Crippen molar-refractivity contribution >= 4 is 22.7 Å². The molecule has 1 N–H and O–H groups in total. The molecule has 4 rings (SSSR count). The second kappa shape index (κ2) is 10.0. The van der Waals surface area contributed by atoms with Crippen LogP contribution in [0.25, 0.3) is 10.9 Å². The zero-order valence-electron chi connectivity index (χ0n) is 19.5. The number of rotatable bonds is 7. The maximum absolute atomic E-state index is 13.1. The molecule has 32 heavy (non-hydrogen) atoms. The largest absolute Gasteiger partial charge is 0.381 e. The van der Waals surface area contributed by atoms with Crippen LogP contribution in [0.2, 0.25) is 0 Å². The summed E-state index contributed by atoms with van der Waals surface area (Å²) >= 11 is 0. The van der Waals surface area contributed by atoms with E-state index >= 15 is 0 Å². The Balaban J connectivity index is 1.50. The van der Waals surface area contributed by atoms with Gasteiger partial charge in [0.2, 0.25) is 5.91 Å². The van der Waals surface area contributed by atoms with Gasteiger partial charge in [0.25, 0.3) is 5.91 Å². The van der Waals surface area contributed by atoms with Crippen molar-refractivity contribution in [2.75, 3.05) is 33.9 Å². The first-order valence-corrected chi connectivity index (χ1v) is 11.7. The SMILES string of the molecule is CONC(=O)CCCN(C)C(=O)c1ccc2c(c1)c1c(n2C)CCC(C2CCOCC2)C1. The summed E-state index contributed by atoms with van der Waals surface area (Å²) in [5, 5.41) is 1.22. The van der Waals surface area contributed by atoms with Gasteiger partial charge in [0.05, 0.1) is 7.11 Å². The van der Waals surface area contributed by atoms with E-state index in [0.29, 0.717) is 30.9 Å². The second-order valence-corrected chi connectivity index (χ2v) is 9.23. The van der Waals surface area contributed by atoms with Crippen LogP contribution in [0, 0.1) is 11.8 Å². The van der Waals surface area contributed by atoms with Gasteiger partial charge in [-0.15, -0.1) is 0 Å². The summed E-state index contributed by atoms with van der Waals surface area (Å²) < 4.78 is 7.89. The van der Waals surface area contributed by atoms with Crippen molar-refractivity contribution in [1.82, 2.24) is 14.9 Å². The molecule has 1 aromatic carbocycles. The number of nitrogens with one attached hydrogen (secondary N) is 1. The molecule has 0 bridgehead atoms. The third kappa shape index (κ3) is 4.69. The van der Waals surface area contributed by atoms with Crippen molar-refractivity contribution in [3.8, 4) is 0 Å². The highest BCUT2D eigenvalue weighted by molar-refractivity contribution is 5.99. The van der Waals surface area contributed by atoms with E-state index in [9.17, 15) is 9.59 Å². The van der Waals surface area contributed by atoms with Gasteiger partial charge in [-0.05, 0) is 74.1 Å². The highest BCUT2D eigenvalue weighted by Crippen LogP contribution is 2.39. The molecule has 1 unspecified atom stereocenters. The number of hydrogen-bond acceptors (Lipinski definition) is 4. The third-order valence-corrected chi connectivity index (χ3v) is 7.29. The van der Waals surface area contributed by atoms with Gasteiger partial charge in [-0.3, -0.25) is 14.4 Å². The number of nitrogens with zero attached hydrogens (tertiary/aromatic N) is 2. The zero-order valence-corrected chi connectivity index (χ0v) is 19.5. The summed E-state index contributed by atoms with van der Waals surface area (Å²) in [5.74, 6) is 1.27. The lowest BCUT2D eigenvalue weighted by atomic mass is 9.75. The molecule has 7 nitrogen and oxygen atoms in total. The van der Waals surface area contributed by atoms with Gasteiger partial charge in [-0.25, -0.2) is 5.48 Å². The fourth-order valence-corrected chi connectivity index (χ4v) is 5.49. The number of ether oxygens (including phenoxy) is 1. The van der Waals surface area contributed by atoms with Crippen LogP contribution in [-0.2, 0) is 34.3 Å². The van der Waals surface area contributed by atoms with Crippen molar-refractivity contribution in [3.05, 3.63) is 35.0 Å². The van der Waals surface area contributed by atoms with Crippen LogP contribution >= 0.6 is 0 Å². The average Bonchev–Trinajstić information content (AvgIpc) is 3.10. The Kier molecular flexibility index (Phi) is 7.16. The maximum Gasteiger partial charge on any atom is 0.253 e. The summed E-state index contributed by atoms with van der Waals surface area (Å²) in [7, 11) is 5.36. The van der Waals surface area contributed by atoms with Crippen LogP contribution in [0.5, 0.6) is 0 Å². The second-order valence-electron chi connectivity index (χ2n) is 9.23. The lowest BCUT2D eigenvalue weighted by Crippen LogP contribution is -2.29. The summed E-state index contributed by atoms with van der Waals surface area (Å²) in [4.78, 5) is 30.9. The van der Waals surface area contributed by atoms with E-state index in [2.05, 4.69) is 34.1 Å². The van der Waals surface area contributed by atoms with Crippen molar-refractivity contribution in [2.24, 2.45) is 18.9 Å². The highest BCUT2D eigenvalue weighted by atomic mass is 16.6. The summed E-state index contributed by atoms with van der Waals surface area (Å²) in [6.45, 7) is 2.30. The molecule has 1 fully saturated rings. The van der Waals surface area contributed by atoms with Crippen LogP contribution in [0.4, 0.5) is 0 Å². The predicted molar refractivity (Wildman–Crippen MR) is 123 cm³/mol. The fourth-order valence-electron chi connectivity index (χ4n) is 5.49. The van der Waals surface area contributed by atoms with Crippen LogP contribution in [0.15, 0.2) is 18.2 Å². The first-order chi connectivity index (χ1) is 15.5. The summed E-state index contributed by atoms with van der Waals surface area (Å²) in [6, 6.07) is 6.10. The standard InChI is InChI=1S/C25H35N3O4/c1-27(12-4-5-24(29)26-31-3)25(30)19-7-9-23-21(16-19)20-15-18(6-8-22(20)28(23)2)17-10-13-32-14-11-17/h7,9,16-18H,4-6,8,10-15H2,1-3H3,(H,26,29). The molecule has 1 aromatic heterocycles. The first kappa shape index (κ1) is 22.8. The van der Waals surface area contributed by atoms with E-state index in [1.165, 1.54) is 48.5 Å². The Morgan fingerprint density at radius 2 is 2.00 bits per heavy atom. The van der Waals surface area contributed by atoms with Crippen molar-refractivity contribution in [1.29, 1.82) is 0 Å². The molecule has 2 aliphatic rings. The normalized spacial score (nSPS) is 19.0. The Bertz CT molecular complexity index is 977. The van der Waals surface area contributed by atoms with Crippen LogP contribution in [-0.4, -0.2) is 55.2 Å². The van der Waals surface area contributed by atoms with E-state index < -0.39 is 0 Å². The molecule has 2 heterocycles. The number of aromatic nitrogens is 1. The lowest BCUT2D eigenvalue weighted by Gasteiger charge is -2.33.